The second-order valence-electron chi connectivity index (χ2n) is 3.59. The molecule has 0 aromatic carbocycles. The van der Waals surface area contributed by atoms with Crippen molar-refractivity contribution in [2.24, 2.45) is 11.5 Å². The van der Waals surface area contributed by atoms with E-state index in [-0.39, 0.29) is 4.90 Å². The summed E-state index contributed by atoms with van der Waals surface area (Å²) in [6.07, 6.45) is 6.32. The second-order valence-corrected chi connectivity index (χ2v) is 6.55. The maximum atomic E-state index is 12.3. The van der Waals surface area contributed by atoms with Crippen LogP contribution in [-0.2, 0) is 9.84 Å². The topological polar surface area (TPSA) is 86.2 Å². The molecule has 1 aromatic heterocycles. The van der Waals surface area contributed by atoms with Gasteiger partial charge in [0.05, 0.1) is 10.9 Å². The third-order valence-electron chi connectivity index (χ3n) is 2.58. The van der Waals surface area contributed by atoms with Crippen LogP contribution in [0.15, 0.2) is 46.0 Å². The lowest BCUT2D eigenvalue weighted by molar-refractivity contribution is 0.532. The van der Waals surface area contributed by atoms with E-state index in [4.69, 9.17) is 11.5 Å². The zero-order valence-electron chi connectivity index (χ0n) is 8.41. The van der Waals surface area contributed by atoms with Gasteiger partial charge in [0.15, 0.2) is 4.87 Å². The van der Waals surface area contributed by atoms with Crippen LogP contribution in [0.5, 0.6) is 0 Å². The van der Waals surface area contributed by atoms with Crippen molar-refractivity contribution < 1.29 is 8.42 Å². The molecule has 0 saturated carbocycles. The predicted molar refractivity (Wildman–Crippen MR) is 64.7 cm³/mol. The first kappa shape index (κ1) is 11.5. The highest BCUT2D eigenvalue weighted by Crippen LogP contribution is 2.28. The van der Waals surface area contributed by atoms with Crippen molar-refractivity contribution in [1.29, 1.82) is 0 Å². The van der Waals surface area contributed by atoms with E-state index in [1.165, 1.54) is 23.5 Å². The zero-order chi connectivity index (χ0) is 11.8. The van der Waals surface area contributed by atoms with Crippen LogP contribution in [0.3, 0.4) is 0 Å². The summed E-state index contributed by atoms with van der Waals surface area (Å²) in [6, 6.07) is 0.801. The van der Waals surface area contributed by atoms with Crippen molar-refractivity contribution >= 4 is 21.2 Å². The Labute approximate surface area is 98.2 Å². The predicted octanol–water partition coefficient (Wildman–Crippen LogP) is 0.630. The first-order chi connectivity index (χ1) is 7.48. The van der Waals surface area contributed by atoms with Gasteiger partial charge in [-0.2, -0.15) is 11.3 Å². The molecule has 16 heavy (non-hydrogen) atoms. The summed E-state index contributed by atoms with van der Waals surface area (Å²) in [6.45, 7) is 0. The largest absolute Gasteiger partial charge is 0.322 e. The molecule has 6 heteroatoms. The number of allylic oxidation sites excluding steroid dienone is 2. The van der Waals surface area contributed by atoms with Crippen LogP contribution in [0.4, 0.5) is 0 Å². The molecule has 4 N–H and O–H groups in total. The monoisotopic (exact) mass is 256 g/mol. The molecule has 0 aliphatic heterocycles. The Morgan fingerprint density at radius 2 is 2.12 bits per heavy atom. The lowest BCUT2D eigenvalue weighted by Crippen LogP contribution is -2.59. The zero-order valence-corrected chi connectivity index (χ0v) is 10.0. The summed E-state index contributed by atoms with van der Waals surface area (Å²) in [7, 11) is -3.64. The molecule has 0 saturated heterocycles. The summed E-state index contributed by atoms with van der Waals surface area (Å²) < 4.78 is 24.6. The highest BCUT2D eigenvalue weighted by atomic mass is 32.2. The van der Waals surface area contributed by atoms with E-state index >= 15 is 0 Å². The van der Waals surface area contributed by atoms with Gasteiger partial charge in [-0.05, 0) is 17.5 Å². The Kier molecular flexibility index (Phi) is 2.75. The van der Waals surface area contributed by atoms with Gasteiger partial charge < -0.3 is 11.5 Å². The fourth-order valence-electron chi connectivity index (χ4n) is 1.53. The number of rotatable bonds is 2. The van der Waals surface area contributed by atoms with Crippen molar-refractivity contribution in [3.05, 3.63) is 41.1 Å². The van der Waals surface area contributed by atoms with E-state index in [0.29, 0.717) is 0 Å². The molecule has 1 aliphatic rings. The summed E-state index contributed by atoms with van der Waals surface area (Å²) in [5, 5.41) is 3.26. The van der Waals surface area contributed by atoms with E-state index in [1.54, 1.807) is 29.0 Å². The molecular formula is C10H12N2O2S2. The van der Waals surface area contributed by atoms with E-state index in [9.17, 15) is 8.42 Å². The highest BCUT2D eigenvalue weighted by Gasteiger charge is 2.44. The Hall–Kier alpha value is -0.950. The van der Waals surface area contributed by atoms with Gasteiger partial charge in [0.1, 0.15) is 0 Å². The van der Waals surface area contributed by atoms with E-state index in [1.807, 2.05) is 0 Å². The molecule has 2 atom stereocenters. The van der Waals surface area contributed by atoms with Crippen LogP contribution in [0, 0.1) is 0 Å². The second kappa shape index (κ2) is 3.81. The van der Waals surface area contributed by atoms with Gasteiger partial charge in [-0.15, -0.1) is 0 Å². The van der Waals surface area contributed by atoms with Crippen molar-refractivity contribution in [3.63, 3.8) is 0 Å². The molecule has 1 aliphatic carbocycles. The maximum Gasteiger partial charge on any atom is 0.203 e. The summed E-state index contributed by atoms with van der Waals surface area (Å²) in [5.41, 5.74) is 11.7. The SMILES string of the molecule is NC1C=CC=CC1(N)S(=O)(=O)c1ccsc1. The minimum atomic E-state index is -3.64. The minimum absolute atomic E-state index is 0.218. The average molecular weight is 256 g/mol. The van der Waals surface area contributed by atoms with Crippen LogP contribution in [0.25, 0.3) is 0 Å². The molecular weight excluding hydrogens is 244 g/mol. The van der Waals surface area contributed by atoms with Gasteiger partial charge in [0, 0.05) is 5.38 Å². The summed E-state index contributed by atoms with van der Waals surface area (Å²) in [4.78, 5) is -1.33. The van der Waals surface area contributed by atoms with E-state index in [0.717, 1.165) is 0 Å². The van der Waals surface area contributed by atoms with Crippen LogP contribution in [0.1, 0.15) is 0 Å². The number of hydrogen-bond donors (Lipinski definition) is 2. The van der Waals surface area contributed by atoms with Gasteiger partial charge in [-0.25, -0.2) is 8.42 Å². The number of hydrogen-bond acceptors (Lipinski definition) is 5. The van der Waals surface area contributed by atoms with E-state index in [2.05, 4.69) is 0 Å². The lowest BCUT2D eigenvalue weighted by atomic mass is 10.0. The number of sulfone groups is 1. The fraction of sp³-hybridized carbons (Fsp3) is 0.200. The van der Waals surface area contributed by atoms with Crippen LogP contribution >= 0.6 is 11.3 Å². The Morgan fingerprint density at radius 1 is 1.38 bits per heavy atom. The van der Waals surface area contributed by atoms with Gasteiger partial charge in [-0.1, -0.05) is 18.2 Å². The molecule has 0 fully saturated rings. The first-order valence-corrected chi connectivity index (χ1v) is 7.08. The Balaban J connectivity index is 2.53. The third-order valence-corrected chi connectivity index (χ3v) is 5.62. The van der Waals surface area contributed by atoms with Gasteiger partial charge in [-0.3, -0.25) is 0 Å². The Morgan fingerprint density at radius 3 is 2.69 bits per heavy atom. The molecule has 0 radical (unpaired) electrons. The smallest absolute Gasteiger partial charge is 0.203 e. The molecule has 4 nitrogen and oxygen atoms in total. The molecule has 0 spiro atoms. The Bertz CT molecular complexity index is 531. The maximum absolute atomic E-state index is 12.3. The number of nitrogens with two attached hydrogens (primary N) is 2. The third kappa shape index (κ3) is 1.54. The molecule has 1 heterocycles. The normalized spacial score (nSPS) is 29.5. The number of thiophene rings is 1. The average Bonchev–Trinajstić information content (AvgIpc) is 2.76. The van der Waals surface area contributed by atoms with Crippen molar-refractivity contribution in [3.8, 4) is 0 Å². The summed E-state index contributed by atoms with van der Waals surface area (Å²) >= 11 is 1.31. The summed E-state index contributed by atoms with van der Waals surface area (Å²) in [5.74, 6) is 0. The molecule has 1 aromatic rings. The van der Waals surface area contributed by atoms with Crippen molar-refractivity contribution in [1.82, 2.24) is 0 Å². The van der Waals surface area contributed by atoms with Crippen molar-refractivity contribution in [2.75, 3.05) is 0 Å². The molecule has 2 rings (SSSR count). The van der Waals surface area contributed by atoms with E-state index < -0.39 is 20.8 Å². The first-order valence-electron chi connectivity index (χ1n) is 4.66. The van der Waals surface area contributed by atoms with Gasteiger partial charge in [0.25, 0.3) is 0 Å². The standard InChI is InChI=1S/C10H12N2O2S2/c11-9-3-1-2-5-10(9,12)16(13,14)8-4-6-15-7-8/h1-7,9H,11-12H2. The lowest BCUT2D eigenvalue weighted by Gasteiger charge is -2.31. The van der Waals surface area contributed by atoms with Crippen molar-refractivity contribution in [2.45, 2.75) is 15.8 Å². The van der Waals surface area contributed by atoms with Crippen LogP contribution < -0.4 is 11.5 Å². The minimum Gasteiger partial charge on any atom is -0.322 e. The van der Waals surface area contributed by atoms with Gasteiger partial charge >= 0.3 is 0 Å². The molecule has 0 amide bonds. The molecule has 0 bridgehead atoms. The van der Waals surface area contributed by atoms with Crippen LogP contribution in [0.2, 0.25) is 0 Å². The quantitative estimate of drug-likeness (QED) is 0.812. The highest BCUT2D eigenvalue weighted by molar-refractivity contribution is 7.93. The van der Waals surface area contributed by atoms with Gasteiger partial charge in [0.2, 0.25) is 9.84 Å². The van der Waals surface area contributed by atoms with Crippen LogP contribution in [-0.4, -0.2) is 19.3 Å². The molecule has 2 unspecified atom stereocenters. The fourth-order valence-corrected chi connectivity index (χ4v) is 4.16. The molecule has 86 valence electrons.